The van der Waals surface area contributed by atoms with Crippen molar-refractivity contribution in [1.29, 1.82) is 0 Å². The Labute approximate surface area is 119 Å². The first-order valence-electron chi connectivity index (χ1n) is 6.52. The first-order chi connectivity index (χ1) is 8.79. The monoisotopic (exact) mass is 284 g/mol. The van der Waals surface area contributed by atoms with Gasteiger partial charge in [-0.3, -0.25) is 0 Å². The molecule has 0 radical (unpaired) electrons. The number of benzene rings is 1. The predicted octanol–water partition coefficient (Wildman–Crippen LogP) is 3.04. The Bertz CT molecular complexity index is 349. The fraction of sp³-hybridized carbons (Fsp3) is 0.571. The van der Waals surface area contributed by atoms with Crippen LogP contribution in [0.4, 0.5) is 0 Å². The molecule has 18 heavy (non-hydrogen) atoms. The Morgan fingerprint density at radius 2 is 1.94 bits per heavy atom. The van der Waals surface area contributed by atoms with E-state index in [1.165, 1.54) is 36.7 Å². The van der Waals surface area contributed by atoms with Crippen LogP contribution in [-0.2, 0) is 0 Å². The Balaban J connectivity index is 1.86. The summed E-state index contributed by atoms with van der Waals surface area (Å²) in [6, 6.07) is 8.61. The van der Waals surface area contributed by atoms with Gasteiger partial charge < -0.3 is 10.2 Å². The average Bonchev–Trinajstić information content (AvgIpc) is 2.42. The lowest BCUT2D eigenvalue weighted by atomic mass is 10.0. The Morgan fingerprint density at radius 1 is 1.28 bits per heavy atom. The number of hydrogen-bond acceptors (Lipinski definition) is 3. The van der Waals surface area contributed by atoms with Gasteiger partial charge in [0, 0.05) is 42.2 Å². The lowest BCUT2D eigenvalue weighted by molar-refractivity contribution is 0.283. The number of hydrogen-bond donors (Lipinski definition) is 1. The molecule has 0 spiro atoms. The van der Waals surface area contributed by atoms with Gasteiger partial charge in [-0.15, -0.1) is 0 Å². The van der Waals surface area contributed by atoms with Crippen molar-refractivity contribution in [3.8, 4) is 0 Å². The summed E-state index contributed by atoms with van der Waals surface area (Å²) in [6.45, 7) is 3.65. The standard InChI is InChI=1S/C14H21ClN2S/c1-16-14(12-2-4-13(15)5-3-12)6-7-17-8-10-18-11-9-17/h2-5,14,16H,6-11H2,1H3. The zero-order valence-electron chi connectivity index (χ0n) is 10.9. The molecule has 0 bridgehead atoms. The summed E-state index contributed by atoms with van der Waals surface area (Å²) in [6.07, 6.45) is 1.16. The lowest BCUT2D eigenvalue weighted by Gasteiger charge is -2.28. The van der Waals surface area contributed by atoms with Crippen LogP contribution in [0.5, 0.6) is 0 Å². The van der Waals surface area contributed by atoms with Crippen molar-refractivity contribution < 1.29 is 0 Å². The van der Waals surface area contributed by atoms with Gasteiger partial charge in [0.15, 0.2) is 0 Å². The van der Waals surface area contributed by atoms with Gasteiger partial charge in [-0.05, 0) is 31.2 Å². The van der Waals surface area contributed by atoms with Crippen LogP contribution in [0.25, 0.3) is 0 Å². The minimum atomic E-state index is 0.428. The molecule has 0 saturated carbocycles. The summed E-state index contributed by atoms with van der Waals surface area (Å²) in [5, 5.41) is 4.21. The SMILES string of the molecule is CNC(CCN1CCSCC1)c1ccc(Cl)cc1. The molecule has 100 valence electrons. The molecule has 1 heterocycles. The molecule has 1 saturated heterocycles. The second-order valence-electron chi connectivity index (χ2n) is 4.64. The summed E-state index contributed by atoms with van der Waals surface area (Å²) >= 11 is 7.99. The zero-order chi connectivity index (χ0) is 12.8. The van der Waals surface area contributed by atoms with Crippen LogP contribution in [0.3, 0.4) is 0 Å². The molecule has 0 aliphatic carbocycles. The molecule has 0 aromatic heterocycles. The van der Waals surface area contributed by atoms with Crippen molar-refractivity contribution in [3.63, 3.8) is 0 Å². The number of thioether (sulfide) groups is 1. The van der Waals surface area contributed by atoms with E-state index in [0.717, 1.165) is 11.4 Å². The molecule has 4 heteroatoms. The Hall–Kier alpha value is -0.220. The molecule has 1 aromatic rings. The maximum Gasteiger partial charge on any atom is 0.0406 e. The third-order valence-electron chi connectivity index (χ3n) is 3.46. The van der Waals surface area contributed by atoms with Crippen LogP contribution in [-0.4, -0.2) is 43.1 Å². The van der Waals surface area contributed by atoms with E-state index < -0.39 is 0 Å². The number of nitrogens with one attached hydrogen (secondary N) is 1. The second kappa shape index (κ2) is 7.39. The smallest absolute Gasteiger partial charge is 0.0406 e. The Kier molecular flexibility index (Phi) is 5.83. The van der Waals surface area contributed by atoms with Gasteiger partial charge in [0.2, 0.25) is 0 Å². The molecule has 1 fully saturated rings. The molecule has 1 atom stereocenters. The lowest BCUT2D eigenvalue weighted by Crippen LogP contribution is -2.35. The molecule has 2 rings (SSSR count). The van der Waals surface area contributed by atoms with E-state index in [1.54, 1.807) is 0 Å². The third kappa shape index (κ3) is 4.16. The van der Waals surface area contributed by atoms with Gasteiger partial charge >= 0.3 is 0 Å². The van der Waals surface area contributed by atoms with Crippen LogP contribution in [0, 0.1) is 0 Å². The number of nitrogens with zero attached hydrogens (tertiary/aromatic N) is 1. The van der Waals surface area contributed by atoms with E-state index in [4.69, 9.17) is 11.6 Å². The maximum absolute atomic E-state index is 5.93. The van der Waals surface area contributed by atoms with Gasteiger partial charge in [0.05, 0.1) is 0 Å². The van der Waals surface area contributed by atoms with Crippen molar-refractivity contribution in [2.45, 2.75) is 12.5 Å². The fourth-order valence-corrected chi connectivity index (χ4v) is 3.41. The third-order valence-corrected chi connectivity index (χ3v) is 4.65. The first kappa shape index (κ1) is 14.2. The molecule has 1 aliphatic heterocycles. The maximum atomic E-state index is 5.93. The van der Waals surface area contributed by atoms with E-state index in [2.05, 4.69) is 34.1 Å². The topological polar surface area (TPSA) is 15.3 Å². The van der Waals surface area contributed by atoms with Gasteiger partial charge in [0.25, 0.3) is 0 Å². The van der Waals surface area contributed by atoms with Crippen LogP contribution in [0.1, 0.15) is 18.0 Å². The van der Waals surface area contributed by atoms with E-state index in [0.29, 0.717) is 6.04 Å². The predicted molar refractivity (Wildman–Crippen MR) is 81.6 cm³/mol. The highest BCUT2D eigenvalue weighted by Gasteiger charge is 2.14. The van der Waals surface area contributed by atoms with Crippen LogP contribution in [0.2, 0.25) is 5.02 Å². The molecule has 1 aliphatic rings. The molecule has 1 N–H and O–H groups in total. The van der Waals surface area contributed by atoms with Crippen LogP contribution < -0.4 is 5.32 Å². The van der Waals surface area contributed by atoms with Crippen molar-refractivity contribution >= 4 is 23.4 Å². The number of halogens is 1. The highest BCUT2D eigenvalue weighted by Crippen LogP contribution is 2.20. The van der Waals surface area contributed by atoms with Crippen molar-refractivity contribution in [3.05, 3.63) is 34.9 Å². The molecular formula is C14H21ClN2S. The van der Waals surface area contributed by atoms with Gasteiger partial charge in [-0.25, -0.2) is 0 Å². The summed E-state index contributed by atoms with van der Waals surface area (Å²) < 4.78 is 0. The molecule has 2 nitrogen and oxygen atoms in total. The minimum absolute atomic E-state index is 0.428. The normalized spacial score (nSPS) is 18.8. The van der Waals surface area contributed by atoms with Crippen molar-refractivity contribution in [1.82, 2.24) is 10.2 Å². The Morgan fingerprint density at radius 3 is 2.56 bits per heavy atom. The average molecular weight is 285 g/mol. The van der Waals surface area contributed by atoms with E-state index in [1.807, 2.05) is 19.2 Å². The van der Waals surface area contributed by atoms with E-state index in [9.17, 15) is 0 Å². The highest BCUT2D eigenvalue weighted by molar-refractivity contribution is 7.99. The van der Waals surface area contributed by atoms with Crippen molar-refractivity contribution in [2.24, 2.45) is 0 Å². The quantitative estimate of drug-likeness (QED) is 0.895. The summed E-state index contributed by atoms with van der Waals surface area (Å²) in [7, 11) is 2.03. The summed E-state index contributed by atoms with van der Waals surface area (Å²) in [5.74, 6) is 2.57. The molecule has 1 unspecified atom stereocenters. The molecule has 0 amide bonds. The van der Waals surface area contributed by atoms with E-state index >= 15 is 0 Å². The van der Waals surface area contributed by atoms with Gasteiger partial charge in [0.1, 0.15) is 0 Å². The second-order valence-corrected chi connectivity index (χ2v) is 6.30. The zero-order valence-corrected chi connectivity index (χ0v) is 12.4. The fourth-order valence-electron chi connectivity index (χ4n) is 2.31. The summed E-state index contributed by atoms with van der Waals surface area (Å²) in [5.41, 5.74) is 1.33. The largest absolute Gasteiger partial charge is 0.313 e. The van der Waals surface area contributed by atoms with Crippen LogP contribution >= 0.6 is 23.4 Å². The molecule has 1 aromatic carbocycles. The summed E-state index contributed by atoms with van der Waals surface area (Å²) in [4.78, 5) is 2.57. The first-order valence-corrected chi connectivity index (χ1v) is 8.05. The van der Waals surface area contributed by atoms with Crippen LogP contribution in [0.15, 0.2) is 24.3 Å². The van der Waals surface area contributed by atoms with Crippen molar-refractivity contribution in [2.75, 3.05) is 38.2 Å². The minimum Gasteiger partial charge on any atom is -0.313 e. The van der Waals surface area contributed by atoms with Gasteiger partial charge in [-0.2, -0.15) is 11.8 Å². The highest BCUT2D eigenvalue weighted by atomic mass is 35.5. The van der Waals surface area contributed by atoms with E-state index in [-0.39, 0.29) is 0 Å². The molecular weight excluding hydrogens is 264 g/mol. The number of rotatable bonds is 5. The van der Waals surface area contributed by atoms with Gasteiger partial charge in [-0.1, -0.05) is 23.7 Å².